The van der Waals surface area contributed by atoms with Crippen LogP contribution in [0.3, 0.4) is 0 Å². The monoisotopic (exact) mass is 327 g/mol. The molecule has 2 fully saturated rings. The number of fused-ring (bicyclic) bond motifs is 2. The fraction of sp³-hybridized carbons (Fsp3) is 0.650. The highest BCUT2D eigenvalue weighted by molar-refractivity contribution is 5.74. The molecule has 130 valence electrons. The summed E-state index contributed by atoms with van der Waals surface area (Å²) in [6.45, 7) is 2.97. The molecule has 3 aliphatic rings. The average Bonchev–Trinajstić information content (AvgIpc) is 3.29. The molecule has 4 rings (SSSR count). The lowest BCUT2D eigenvalue weighted by Crippen LogP contribution is -2.47. The van der Waals surface area contributed by atoms with E-state index in [1.165, 1.54) is 31.2 Å². The van der Waals surface area contributed by atoms with Gasteiger partial charge >= 0.3 is 6.03 Å². The summed E-state index contributed by atoms with van der Waals surface area (Å²) in [5, 5.41) is 6.30. The molecule has 1 aromatic carbocycles. The Morgan fingerprint density at radius 3 is 2.92 bits per heavy atom. The Hall–Kier alpha value is -1.55. The van der Waals surface area contributed by atoms with Crippen molar-refractivity contribution in [3.05, 3.63) is 35.4 Å². The maximum atomic E-state index is 12.2. The molecule has 1 aliphatic heterocycles. The Morgan fingerprint density at radius 1 is 1.29 bits per heavy atom. The van der Waals surface area contributed by atoms with Gasteiger partial charge in [0.25, 0.3) is 0 Å². The molecule has 1 heterocycles. The zero-order valence-electron chi connectivity index (χ0n) is 14.7. The van der Waals surface area contributed by atoms with Crippen LogP contribution in [0.1, 0.15) is 43.2 Å². The van der Waals surface area contributed by atoms with Crippen molar-refractivity contribution in [1.29, 1.82) is 0 Å². The molecule has 2 N–H and O–H groups in total. The molecule has 2 amide bonds. The molecule has 24 heavy (non-hydrogen) atoms. The first-order valence-corrected chi connectivity index (χ1v) is 9.49. The zero-order chi connectivity index (χ0) is 16.6. The van der Waals surface area contributed by atoms with E-state index in [0.29, 0.717) is 17.4 Å². The van der Waals surface area contributed by atoms with Crippen LogP contribution in [0, 0.1) is 5.92 Å². The zero-order valence-corrected chi connectivity index (χ0v) is 14.7. The number of nitrogens with zero attached hydrogens (tertiary/aromatic N) is 1. The quantitative estimate of drug-likeness (QED) is 0.896. The minimum absolute atomic E-state index is 0.0238. The van der Waals surface area contributed by atoms with E-state index in [2.05, 4.69) is 46.8 Å². The smallest absolute Gasteiger partial charge is 0.315 e. The van der Waals surface area contributed by atoms with E-state index >= 15 is 0 Å². The summed E-state index contributed by atoms with van der Waals surface area (Å²) < 4.78 is 0. The Bertz CT molecular complexity index is 609. The maximum Gasteiger partial charge on any atom is 0.315 e. The molecule has 4 heteroatoms. The number of hydrogen-bond donors (Lipinski definition) is 2. The van der Waals surface area contributed by atoms with Gasteiger partial charge in [0.2, 0.25) is 0 Å². The van der Waals surface area contributed by atoms with Crippen LogP contribution in [0.25, 0.3) is 0 Å². The van der Waals surface area contributed by atoms with Crippen LogP contribution in [0.15, 0.2) is 24.3 Å². The summed E-state index contributed by atoms with van der Waals surface area (Å²) in [7, 11) is 2.14. The highest BCUT2D eigenvalue weighted by Crippen LogP contribution is 2.59. The van der Waals surface area contributed by atoms with Crippen molar-refractivity contribution in [3.63, 3.8) is 0 Å². The largest absolute Gasteiger partial charge is 0.338 e. The number of hydrogen-bond acceptors (Lipinski definition) is 2. The van der Waals surface area contributed by atoms with Gasteiger partial charge in [-0.2, -0.15) is 0 Å². The Kier molecular flexibility index (Phi) is 4.25. The number of likely N-dealkylation sites (tertiary alicyclic amines) is 1. The summed E-state index contributed by atoms with van der Waals surface area (Å²) >= 11 is 0. The third-order valence-corrected chi connectivity index (χ3v) is 6.42. The molecule has 0 radical (unpaired) electrons. The van der Waals surface area contributed by atoms with Gasteiger partial charge in [-0.05, 0) is 75.7 Å². The lowest BCUT2D eigenvalue weighted by molar-refractivity contribution is 0.213. The van der Waals surface area contributed by atoms with Gasteiger partial charge in [-0.15, -0.1) is 0 Å². The average molecular weight is 327 g/mol. The van der Waals surface area contributed by atoms with Gasteiger partial charge in [-0.3, -0.25) is 0 Å². The first-order valence-electron chi connectivity index (χ1n) is 9.49. The topological polar surface area (TPSA) is 44.4 Å². The number of carbonyl (C=O) groups excluding carboxylic acids is 1. The van der Waals surface area contributed by atoms with Crippen molar-refractivity contribution in [2.75, 3.05) is 26.7 Å². The Morgan fingerprint density at radius 2 is 2.08 bits per heavy atom. The number of nitrogens with one attached hydrogen (secondary N) is 2. The van der Waals surface area contributed by atoms with Gasteiger partial charge in [-0.25, -0.2) is 4.79 Å². The van der Waals surface area contributed by atoms with E-state index < -0.39 is 0 Å². The number of carbonyl (C=O) groups is 1. The number of benzene rings is 1. The summed E-state index contributed by atoms with van der Waals surface area (Å²) in [5.41, 5.74) is 3.44. The standard InChI is InChI=1S/C20H29N3O/c1-23-11-8-17(9-12-23)22-19(24)21-14-16-13-20(16)10-4-6-15-5-2-3-7-18(15)20/h2-3,5,7,16-17H,4,6,8-14H2,1H3,(H2,21,22,24)/t16-,20-/m1/s1. The predicted octanol–water partition coefficient (Wildman–Crippen LogP) is 2.67. The van der Waals surface area contributed by atoms with E-state index in [9.17, 15) is 4.79 Å². The molecule has 1 saturated carbocycles. The normalized spacial score (nSPS) is 30.0. The molecule has 2 atom stereocenters. The van der Waals surface area contributed by atoms with Crippen LogP contribution in [0.2, 0.25) is 0 Å². The first-order chi connectivity index (χ1) is 11.7. The third-order valence-electron chi connectivity index (χ3n) is 6.42. The predicted molar refractivity (Wildman–Crippen MR) is 96.2 cm³/mol. The van der Waals surface area contributed by atoms with Crippen molar-refractivity contribution in [1.82, 2.24) is 15.5 Å². The second-order valence-corrected chi connectivity index (χ2v) is 8.00. The summed E-state index contributed by atoms with van der Waals surface area (Å²) in [6.07, 6.45) is 7.14. The van der Waals surface area contributed by atoms with Crippen LogP contribution in [-0.4, -0.2) is 43.7 Å². The summed E-state index contributed by atoms with van der Waals surface area (Å²) in [4.78, 5) is 14.5. The molecular weight excluding hydrogens is 298 g/mol. The number of rotatable bonds is 3. The number of urea groups is 1. The third kappa shape index (κ3) is 3.04. The lowest BCUT2D eigenvalue weighted by atomic mass is 9.78. The fourth-order valence-electron chi connectivity index (χ4n) is 4.84. The van der Waals surface area contributed by atoms with Crippen LogP contribution in [-0.2, 0) is 11.8 Å². The van der Waals surface area contributed by atoms with Crippen LogP contribution in [0.4, 0.5) is 4.79 Å². The molecule has 0 aromatic heterocycles. The highest BCUT2D eigenvalue weighted by Gasteiger charge is 2.56. The number of amides is 2. The van der Waals surface area contributed by atoms with Crippen molar-refractivity contribution in [3.8, 4) is 0 Å². The number of aryl methyl sites for hydroxylation is 1. The van der Waals surface area contributed by atoms with Crippen molar-refractivity contribution >= 4 is 6.03 Å². The van der Waals surface area contributed by atoms with E-state index in [1.807, 2.05) is 0 Å². The van der Waals surface area contributed by atoms with Crippen LogP contribution in [0.5, 0.6) is 0 Å². The van der Waals surface area contributed by atoms with Crippen molar-refractivity contribution in [2.24, 2.45) is 5.92 Å². The van der Waals surface area contributed by atoms with Gasteiger partial charge in [0.05, 0.1) is 0 Å². The van der Waals surface area contributed by atoms with Crippen molar-refractivity contribution in [2.45, 2.75) is 50.0 Å². The van der Waals surface area contributed by atoms with E-state index in [-0.39, 0.29) is 6.03 Å². The SMILES string of the molecule is CN1CCC(NC(=O)NC[C@H]2C[C@]23CCCc2ccccc23)CC1. The van der Waals surface area contributed by atoms with Crippen molar-refractivity contribution < 1.29 is 4.79 Å². The van der Waals surface area contributed by atoms with Crippen LogP contribution >= 0.6 is 0 Å². The summed E-state index contributed by atoms with van der Waals surface area (Å²) in [6, 6.07) is 9.28. The molecule has 1 spiro atoms. The minimum atomic E-state index is 0.0238. The summed E-state index contributed by atoms with van der Waals surface area (Å²) in [5.74, 6) is 0.613. The van der Waals surface area contributed by atoms with Gasteiger partial charge in [0, 0.05) is 18.0 Å². The first kappa shape index (κ1) is 15.9. The molecule has 0 unspecified atom stereocenters. The van der Waals surface area contributed by atoms with E-state index in [1.54, 1.807) is 5.56 Å². The maximum absolute atomic E-state index is 12.2. The highest BCUT2D eigenvalue weighted by atomic mass is 16.2. The lowest BCUT2D eigenvalue weighted by Gasteiger charge is -2.29. The van der Waals surface area contributed by atoms with E-state index in [4.69, 9.17) is 0 Å². The molecular formula is C20H29N3O. The molecule has 0 bridgehead atoms. The van der Waals surface area contributed by atoms with Gasteiger partial charge < -0.3 is 15.5 Å². The Balaban J connectivity index is 1.29. The number of piperidine rings is 1. The molecule has 4 nitrogen and oxygen atoms in total. The second kappa shape index (κ2) is 6.40. The van der Waals surface area contributed by atoms with Gasteiger partial charge in [0.1, 0.15) is 0 Å². The molecule has 1 aromatic rings. The Labute approximate surface area is 145 Å². The second-order valence-electron chi connectivity index (χ2n) is 8.00. The fourth-order valence-corrected chi connectivity index (χ4v) is 4.84. The van der Waals surface area contributed by atoms with Gasteiger partial charge in [0.15, 0.2) is 0 Å². The minimum Gasteiger partial charge on any atom is -0.338 e. The van der Waals surface area contributed by atoms with E-state index in [0.717, 1.165) is 32.5 Å². The van der Waals surface area contributed by atoms with Gasteiger partial charge in [-0.1, -0.05) is 24.3 Å². The molecule has 2 aliphatic carbocycles. The van der Waals surface area contributed by atoms with Crippen LogP contribution < -0.4 is 10.6 Å². The molecule has 1 saturated heterocycles.